The molecule has 0 aromatic heterocycles. The van der Waals surface area contributed by atoms with Crippen LogP contribution >= 0.6 is 0 Å². The van der Waals surface area contributed by atoms with Crippen molar-refractivity contribution >= 4 is 35.0 Å². The van der Waals surface area contributed by atoms with Crippen molar-refractivity contribution in [3.63, 3.8) is 0 Å². The predicted octanol–water partition coefficient (Wildman–Crippen LogP) is 3.97. The molecular weight excluding hydrogens is 556 g/mol. The lowest BCUT2D eigenvalue weighted by molar-refractivity contribution is -0.126. The number of hydrogen-bond acceptors (Lipinski definition) is 5. The van der Waals surface area contributed by atoms with E-state index in [1.807, 2.05) is 43.3 Å². The first-order valence-corrected chi connectivity index (χ1v) is 16.3. The molecule has 2 saturated heterocycles. The molecule has 3 unspecified atom stereocenters. The number of anilines is 2. The third kappa shape index (κ3) is 6.67. The molecule has 2 aromatic rings. The van der Waals surface area contributed by atoms with Gasteiger partial charge in [0.2, 0.25) is 17.7 Å². The second-order valence-electron chi connectivity index (χ2n) is 13.3. The molecule has 4 aliphatic rings. The molecular formula is C35H44N4O5. The zero-order chi connectivity index (χ0) is 30.8. The van der Waals surface area contributed by atoms with Gasteiger partial charge in [0.1, 0.15) is 0 Å². The topological polar surface area (TPSA) is 119 Å². The standard InChI is InChI=1S/C35H44N4O5/c1-22(34(43)36-29-18-24-11-12-25(29)16-24)15-31(40)30(17-23-7-3-2-4-8-23)37-35(44)26-19-27(38-13-5-9-32(38)41)21-28(20-26)39-14-6-10-33(39)42/h2-4,7-8,19-22,24-25,29-31,40H,5-6,9-18H2,1H3,(H,36,43)(H,37,44)/t22-,24?,25?,29?,30+,31+/m1/s1. The number of carbonyl (C=O) groups is 4. The highest BCUT2D eigenvalue weighted by atomic mass is 16.3. The summed E-state index contributed by atoms with van der Waals surface area (Å²) < 4.78 is 0. The van der Waals surface area contributed by atoms with Gasteiger partial charge < -0.3 is 25.5 Å². The van der Waals surface area contributed by atoms with Crippen molar-refractivity contribution in [2.45, 2.75) is 89.3 Å². The number of aliphatic hydroxyl groups is 1. The van der Waals surface area contributed by atoms with Crippen molar-refractivity contribution in [1.82, 2.24) is 10.6 Å². The van der Waals surface area contributed by atoms with Gasteiger partial charge in [0.05, 0.1) is 12.1 Å². The molecule has 2 aromatic carbocycles. The van der Waals surface area contributed by atoms with Gasteiger partial charge in [-0.05, 0) is 80.5 Å². The third-order valence-corrected chi connectivity index (χ3v) is 10.1. The van der Waals surface area contributed by atoms with E-state index in [4.69, 9.17) is 0 Å². The summed E-state index contributed by atoms with van der Waals surface area (Å²) in [4.78, 5) is 55.6. The molecule has 3 N–H and O–H groups in total. The lowest BCUT2D eigenvalue weighted by Crippen LogP contribution is -2.47. The van der Waals surface area contributed by atoms with Crippen LogP contribution in [0.3, 0.4) is 0 Å². The van der Waals surface area contributed by atoms with Crippen molar-refractivity contribution < 1.29 is 24.3 Å². The lowest BCUT2D eigenvalue weighted by atomic mass is 9.91. The van der Waals surface area contributed by atoms with Crippen LogP contribution in [0, 0.1) is 17.8 Å². The van der Waals surface area contributed by atoms with E-state index in [9.17, 15) is 24.3 Å². The Kier molecular flexibility index (Phi) is 9.03. The number of fused-ring (bicyclic) bond motifs is 2. The van der Waals surface area contributed by atoms with Crippen molar-refractivity contribution in [3.05, 3.63) is 59.7 Å². The minimum atomic E-state index is -0.970. The second-order valence-corrected chi connectivity index (χ2v) is 13.3. The third-order valence-electron chi connectivity index (χ3n) is 10.1. The molecule has 9 heteroatoms. The number of nitrogens with one attached hydrogen (secondary N) is 2. The Morgan fingerprint density at radius 3 is 2.14 bits per heavy atom. The first kappa shape index (κ1) is 30.3. The molecule has 4 amide bonds. The minimum Gasteiger partial charge on any atom is -0.391 e. The molecule has 6 rings (SSSR count). The highest BCUT2D eigenvalue weighted by Gasteiger charge is 2.40. The quantitative estimate of drug-likeness (QED) is 0.361. The summed E-state index contributed by atoms with van der Waals surface area (Å²) in [5.74, 6) is 0.422. The molecule has 6 atom stereocenters. The summed E-state index contributed by atoms with van der Waals surface area (Å²) >= 11 is 0. The fourth-order valence-electron chi connectivity index (χ4n) is 7.66. The summed E-state index contributed by atoms with van der Waals surface area (Å²) in [6, 6.07) is 14.4. The number of aliphatic hydroxyl groups excluding tert-OH is 1. The van der Waals surface area contributed by atoms with Crippen LogP contribution in [0.15, 0.2) is 48.5 Å². The minimum absolute atomic E-state index is 0.00340. The Morgan fingerprint density at radius 2 is 1.59 bits per heavy atom. The van der Waals surface area contributed by atoms with Gasteiger partial charge in [-0.15, -0.1) is 0 Å². The number of hydrogen-bond donors (Lipinski definition) is 3. The molecule has 0 radical (unpaired) electrons. The van der Waals surface area contributed by atoms with Gasteiger partial charge in [0.25, 0.3) is 5.91 Å². The van der Waals surface area contributed by atoms with E-state index in [-0.39, 0.29) is 30.2 Å². The molecule has 0 spiro atoms. The summed E-state index contributed by atoms with van der Waals surface area (Å²) in [5, 5.41) is 17.8. The maximum atomic E-state index is 13.9. The van der Waals surface area contributed by atoms with E-state index in [0.29, 0.717) is 55.2 Å². The molecule has 2 saturated carbocycles. The molecule has 4 fully saturated rings. The number of amides is 4. The van der Waals surface area contributed by atoms with Crippen LogP contribution in [0.5, 0.6) is 0 Å². The summed E-state index contributed by atoms with van der Waals surface area (Å²) in [6.45, 7) is 2.97. The Balaban J connectivity index is 1.20. The van der Waals surface area contributed by atoms with E-state index >= 15 is 0 Å². The SMILES string of the molecule is C[C@H](C[C@H](O)[C@H](Cc1ccccc1)NC(=O)c1cc(N2CCCC2=O)cc(N2CCCC2=O)c1)C(=O)NC1CC2CCC1C2. The Hall–Kier alpha value is -3.72. The van der Waals surface area contributed by atoms with Crippen LogP contribution < -0.4 is 20.4 Å². The molecule has 9 nitrogen and oxygen atoms in total. The van der Waals surface area contributed by atoms with Crippen molar-refractivity contribution in [3.8, 4) is 0 Å². The van der Waals surface area contributed by atoms with Gasteiger partial charge in [-0.3, -0.25) is 19.2 Å². The zero-order valence-electron chi connectivity index (χ0n) is 25.5. The number of carbonyl (C=O) groups excluding carboxylic acids is 4. The molecule has 234 valence electrons. The second kappa shape index (κ2) is 13.1. The predicted molar refractivity (Wildman–Crippen MR) is 168 cm³/mol. The number of nitrogens with zero attached hydrogens (tertiary/aromatic N) is 2. The van der Waals surface area contributed by atoms with E-state index < -0.39 is 24.0 Å². The Labute approximate surface area is 259 Å². The van der Waals surface area contributed by atoms with Crippen LogP contribution in [0.25, 0.3) is 0 Å². The molecule has 2 bridgehead atoms. The highest BCUT2D eigenvalue weighted by Crippen LogP contribution is 2.44. The molecule has 2 heterocycles. The van der Waals surface area contributed by atoms with Gasteiger partial charge in [-0.1, -0.05) is 43.7 Å². The van der Waals surface area contributed by atoms with E-state index in [2.05, 4.69) is 10.6 Å². The van der Waals surface area contributed by atoms with Crippen LogP contribution in [0.1, 0.15) is 80.6 Å². The monoisotopic (exact) mass is 600 g/mol. The van der Waals surface area contributed by atoms with Gasteiger partial charge in [-0.2, -0.15) is 0 Å². The van der Waals surface area contributed by atoms with Crippen LogP contribution in [0.2, 0.25) is 0 Å². The fourth-order valence-corrected chi connectivity index (χ4v) is 7.66. The van der Waals surface area contributed by atoms with Gasteiger partial charge in [-0.25, -0.2) is 0 Å². The molecule has 2 aliphatic carbocycles. The number of benzene rings is 2. The first-order chi connectivity index (χ1) is 21.2. The Bertz CT molecular complexity index is 1350. The average Bonchev–Trinajstić information content (AvgIpc) is 3.83. The lowest BCUT2D eigenvalue weighted by Gasteiger charge is -2.28. The number of rotatable bonds is 11. The average molecular weight is 601 g/mol. The Morgan fingerprint density at radius 1 is 0.932 bits per heavy atom. The fraction of sp³-hybridized carbons (Fsp3) is 0.543. The molecule has 44 heavy (non-hydrogen) atoms. The van der Waals surface area contributed by atoms with Crippen LogP contribution in [0.4, 0.5) is 11.4 Å². The van der Waals surface area contributed by atoms with Crippen LogP contribution in [-0.4, -0.2) is 60.0 Å². The van der Waals surface area contributed by atoms with E-state index in [1.165, 1.54) is 19.3 Å². The van der Waals surface area contributed by atoms with Gasteiger partial charge in [0.15, 0.2) is 0 Å². The first-order valence-electron chi connectivity index (χ1n) is 16.3. The van der Waals surface area contributed by atoms with E-state index in [0.717, 1.165) is 30.7 Å². The van der Waals surface area contributed by atoms with Crippen molar-refractivity contribution in [2.75, 3.05) is 22.9 Å². The van der Waals surface area contributed by atoms with Crippen LogP contribution in [-0.2, 0) is 20.8 Å². The summed E-state index contributed by atoms with van der Waals surface area (Å²) in [5.41, 5.74) is 2.47. The summed E-state index contributed by atoms with van der Waals surface area (Å²) in [7, 11) is 0. The van der Waals surface area contributed by atoms with Crippen molar-refractivity contribution in [1.29, 1.82) is 0 Å². The highest BCUT2D eigenvalue weighted by molar-refractivity contribution is 6.03. The maximum absolute atomic E-state index is 13.9. The maximum Gasteiger partial charge on any atom is 0.251 e. The zero-order valence-corrected chi connectivity index (χ0v) is 25.5. The summed E-state index contributed by atoms with van der Waals surface area (Å²) in [6.07, 6.45) is 6.70. The largest absolute Gasteiger partial charge is 0.391 e. The normalized spacial score (nSPS) is 24.9. The molecule has 2 aliphatic heterocycles. The van der Waals surface area contributed by atoms with E-state index in [1.54, 1.807) is 21.9 Å². The van der Waals surface area contributed by atoms with Gasteiger partial charge in [0, 0.05) is 54.8 Å². The van der Waals surface area contributed by atoms with Gasteiger partial charge >= 0.3 is 0 Å². The smallest absolute Gasteiger partial charge is 0.251 e. The van der Waals surface area contributed by atoms with Crippen molar-refractivity contribution in [2.24, 2.45) is 17.8 Å².